The minimum absolute atomic E-state index is 0.00975. The normalized spacial score (nSPS) is 13.4. The van der Waals surface area contributed by atoms with Crippen LogP contribution >= 0.6 is 0 Å². The summed E-state index contributed by atoms with van der Waals surface area (Å²) in [4.78, 5) is 29.3. The van der Waals surface area contributed by atoms with Crippen molar-refractivity contribution in [2.24, 2.45) is 7.05 Å². The lowest BCUT2D eigenvalue weighted by Crippen LogP contribution is -2.01. The zero-order valence-electron chi connectivity index (χ0n) is 15.1. The average molecular weight is 390 g/mol. The number of hydrogen-bond donors (Lipinski definition) is 0. The number of halogens is 2. The second-order valence-electron chi connectivity index (χ2n) is 6.69. The molecule has 4 aromatic rings. The number of oxazole rings is 1. The molecule has 2 aromatic carbocycles. The summed E-state index contributed by atoms with van der Waals surface area (Å²) in [5, 5.41) is 0. The quantitative estimate of drug-likeness (QED) is 0.371. The van der Waals surface area contributed by atoms with Crippen molar-refractivity contribution in [3.05, 3.63) is 82.8 Å². The van der Waals surface area contributed by atoms with Gasteiger partial charge in [0.2, 0.25) is 17.5 Å². The molecular formula is C22H12F2N2O3. The number of Topliss-reactive ketones (excluding diaryl/α,β-unsaturated/α-hetero) is 2. The van der Waals surface area contributed by atoms with Crippen molar-refractivity contribution in [2.45, 2.75) is 0 Å². The lowest BCUT2D eigenvalue weighted by Gasteiger charge is -2.02. The van der Waals surface area contributed by atoms with Gasteiger partial charge in [-0.1, -0.05) is 30.3 Å². The van der Waals surface area contributed by atoms with Crippen LogP contribution in [0.4, 0.5) is 8.78 Å². The molecule has 2 aromatic heterocycles. The first-order chi connectivity index (χ1) is 14.0. The van der Waals surface area contributed by atoms with E-state index < -0.39 is 34.3 Å². The van der Waals surface area contributed by atoms with Gasteiger partial charge in [0.1, 0.15) is 11.6 Å². The number of benzene rings is 2. The number of hydrogen-bond acceptors (Lipinski definition) is 4. The predicted octanol–water partition coefficient (Wildman–Crippen LogP) is 4.57. The number of rotatable bonds is 2. The number of ketones is 2. The van der Waals surface area contributed by atoms with E-state index in [0.29, 0.717) is 11.2 Å². The number of aromatic nitrogens is 2. The molecule has 5 rings (SSSR count). The SMILES string of the molecule is Cn1c(-c2ccccc2)cc2oc(C=C3C(=O)c4c(F)ccc(F)c4C3=O)nc21. The van der Waals surface area contributed by atoms with Gasteiger partial charge in [-0.2, -0.15) is 4.98 Å². The van der Waals surface area contributed by atoms with Crippen LogP contribution in [0.15, 0.2) is 58.5 Å². The Balaban J connectivity index is 1.58. The van der Waals surface area contributed by atoms with Gasteiger partial charge in [0.05, 0.1) is 22.4 Å². The number of carbonyl (C=O) groups excluding carboxylic acids is 2. The predicted molar refractivity (Wildman–Crippen MR) is 101 cm³/mol. The van der Waals surface area contributed by atoms with E-state index in [1.807, 2.05) is 41.9 Å². The first-order valence-electron chi connectivity index (χ1n) is 8.76. The Morgan fingerprint density at radius 3 is 2.17 bits per heavy atom. The first-order valence-corrected chi connectivity index (χ1v) is 8.76. The third-order valence-electron chi connectivity index (χ3n) is 4.98. The van der Waals surface area contributed by atoms with Gasteiger partial charge in [0.15, 0.2) is 11.2 Å². The summed E-state index contributed by atoms with van der Waals surface area (Å²) in [6.45, 7) is 0. The summed E-state index contributed by atoms with van der Waals surface area (Å²) in [6.07, 6.45) is 1.13. The summed E-state index contributed by atoms with van der Waals surface area (Å²) in [6, 6.07) is 13.1. The lowest BCUT2D eigenvalue weighted by atomic mass is 10.1. The summed E-state index contributed by atoms with van der Waals surface area (Å²) in [7, 11) is 1.82. The zero-order valence-corrected chi connectivity index (χ0v) is 15.1. The highest BCUT2D eigenvalue weighted by Crippen LogP contribution is 2.33. The maximum Gasteiger partial charge on any atom is 0.222 e. The van der Waals surface area contributed by atoms with Crippen LogP contribution in [-0.2, 0) is 7.05 Å². The fourth-order valence-corrected chi connectivity index (χ4v) is 3.58. The van der Waals surface area contributed by atoms with Gasteiger partial charge >= 0.3 is 0 Å². The monoisotopic (exact) mass is 390 g/mol. The molecule has 7 heteroatoms. The van der Waals surface area contributed by atoms with Crippen molar-refractivity contribution in [2.75, 3.05) is 0 Å². The van der Waals surface area contributed by atoms with E-state index in [1.54, 1.807) is 6.07 Å². The second-order valence-corrected chi connectivity index (χ2v) is 6.69. The number of carbonyl (C=O) groups is 2. The van der Waals surface area contributed by atoms with E-state index in [2.05, 4.69) is 4.98 Å². The number of allylic oxidation sites excluding steroid dienone is 1. The number of aryl methyl sites for hydroxylation is 1. The molecule has 1 aliphatic carbocycles. The zero-order chi connectivity index (χ0) is 20.3. The van der Waals surface area contributed by atoms with Crippen LogP contribution in [0.25, 0.3) is 28.6 Å². The maximum absolute atomic E-state index is 14.0. The van der Waals surface area contributed by atoms with Crippen LogP contribution in [0.3, 0.4) is 0 Å². The maximum atomic E-state index is 14.0. The molecule has 0 atom stereocenters. The molecule has 0 unspecified atom stereocenters. The summed E-state index contributed by atoms with van der Waals surface area (Å²) in [5.41, 5.74) is 1.36. The van der Waals surface area contributed by atoms with E-state index in [9.17, 15) is 18.4 Å². The van der Waals surface area contributed by atoms with Crippen LogP contribution in [0.1, 0.15) is 26.6 Å². The highest BCUT2D eigenvalue weighted by molar-refractivity contribution is 6.41. The van der Waals surface area contributed by atoms with E-state index in [4.69, 9.17) is 4.42 Å². The Morgan fingerprint density at radius 2 is 1.59 bits per heavy atom. The summed E-state index contributed by atoms with van der Waals surface area (Å²) in [5.74, 6) is -3.62. The van der Waals surface area contributed by atoms with E-state index >= 15 is 0 Å². The van der Waals surface area contributed by atoms with Gasteiger partial charge in [0, 0.05) is 19.2 Å². The molecule has 0 bridgehead atoms. The molecule has 5 nitrogen and oxygen atoms in total. The Bertz CT molecular complexity index is 1320. The topological polar surface area (TPSA) is 65.1 Å². The third kappa shape index (κ3) is 2.47. The van der Waals surface area contributed by atoms with Gasteiger partial charge in [-0.25, -0.2) is 8.78 Å². The van der Waals surface area contributed by atoms with Gasteiger partial charge in [-0.05, 0) is 17.7 Å². The highest BCUT2D eigenvalue weighted by Gasteiger charge is 2.38. The van der Waals surface area contributed by atoms with Crippen LogP contribution < -0.4 is 0 Å². The molecule has 0 spiro atoms. The van der Waals surface area contributed by atoms with Crippen LogP contribution in [0, 0.1) is 11.6 Å². The Hall–Kier alpha value is -3.87. The molecule has 29 heavy (non-hydrogen) atoms. The molecule has 0 aliphatic heterocycles. The van der Waals surface area contributed by atoms with Crippen molar-refractivity contribution >= 4 is 28.9 Å². The van der Waals surface area contributed by atoms with Gasteiger partial charge < -0.3 is 8.98 Å². The molecular weight excluding hydrogens is 378 g/mol. The Labute approximate surface area is 162 Å². The lowest BCUT2D eigenvalue weighted by molar-refractivity contribution is 0.0988. The Kier molecular flexibility index (Phi) is 3.61. The number of fused-ring (bicyclic) bond motifs is 2. The number of nitrogens with zero attached hydrogens (tertiary/aromatic N) is 2. The average Bonchev–Trinajstić information content (AvgIpc) is 3.33. The Morgan fingerprint density at radius 1 is 0.966 bits per heavy atom. The van der Waals surface area contributed by atoms with E-state index in [1.165, 1.54) is 0 Å². The van der Waals surface area contributed by atoms with Crippen molar-refractivity contribution in [3.63, 3.8) is 0 Å². The molecule has 2 heterocycles. The molecule has 0 saturated carbocycles. The van der Waals surface area contributed by atoms with Crippen LogP contribution in [-0.4, -0.2) is 21.1 Å². The van der Waals surface area contributed by atoms with Crippen molar-refractivity contribution in [1.82, 2.24) is 9.55 Å². The van der Waals surface area contributed by atoms with Gasteiger partial charge in [-0.15, -0.1) is 0 Å². The van der Waals surface area contributed by atoms with Gasteiger partial charge in [-0.3, -0.25) is 9.59 Å². The largest absolute Gasteiger partial charge is 0.435 e. The van der Waals surface area contributed by atoms with Crippen LogP contribution in [0.5, 0.6) is 0 Å². The van der Waals surface area contributed by atoms with E-state index in [-0.39, 0.29) is 11.5 Å². The smallest absolute Gasteiger partial charge is 0.222 e. The molecule has 0 N–H and O–H groups in total. The van der Waals surface area contributed by atoms with Gasteiger partial charge in [0.25, 0.3) is 0 Å². The highest BCUT2D eigenvalue weighted by atomic mass is 19.1. The fraction of sp³-hybridized carbons (Fsp3) is 0.0455. The first kappa shape index (κ1) is 17.2. The molecule has 0 saturated heterocycles. The minimum atomic E-state index is -0.937. The van der Waals surface area contributed by atoms with E-state index in [0.717, 1.165) is 29.5 Å². The minimum Gasteiger partial charge on any atom is -0.435 e. The molecule has 142 valence electrons. The van der Waals surface area contributed by atoms with Crippen molar-refractivity contribution in [1.29, 1.82) is 0 Å². The van der Waals surface area contributed by atoms with Crippen molar-refractivity contribution in [3.8, 4) is 11.3 Å². The summed E-state index contributed by atoms with van der Waals surface area (Å²) >= 11 is 0. The fourth-order valence-electron chi connectivity index (χ4n) is 3.58. The van der Waals surface area contributed by atoms with Crippen molar-refractivity contribution < 1.29 is 22.8 Å². The summed E-state index contributed by atoms with van der Waals surface area (Å²) < 4.78 is 35.4. The molecule has 0 fully saturated rings. The standard InChI is InChI=1S/C22H12F2N2O3/c1-26-15(11-5-3-2-4-6-11)10-16-22(26)25-17(29-16)9-12-20(27)18-13(23)7-8-14(24)19(18)21(12)28/h2-10H,1H3. The van der Waals surface area contributed by atoms with Crippen LogP contribution in [0.2, 0.25) is 0 Å². The second kappa shape index (κ2) is 6.07. The molecule has 0 radical (unpaired) electrons. The molecule has 1 aliphatic rings. The third-order valence-corrected chi connectivity index (χ3v) is 4.98. The molecule has 0 amide bonds.